The van der Waals surface area contributed by atoms with Crippen LogP contribution in [0.25, 0.3) is 5.69 Å². The van der Waals surface area contributed by atoms with Crippen molar-refractivity contribution < 1.29 is 4.39 Å². The Morgan fingerprint density at radius 1 is 1.44 bits per heavy atom. The van der Waals surface area contributed by atoms with E-state index in [1.54, 1.807) is 12.3 Å². The fourth-order valence-corrected chi connectivity index (χ4v) is 1.34. The van der Waals surface area contributed by atoms with Crippen LogP contribution < -0.4 is 5.73 Å². The highest BCUT2D eigenvalue weighted by atomic mass is 35.5. The molecule has 0 aliphatic rings. The van der Waals surface area contributed by atoms with Gasteiger partial charge in [-0.25, -0.2) is 9.07 Å². The van der Waals surface area contributed by atoms with E-state index in [-0.39, 0.29) is 19.0 Å². The predicted molar refractivity (Wildman–Crippen MR) is 61.5 cm³/mol. The Kier molecular flexibility index (Phi) is 4.23. The maximum Gasteiger partial charge on any atom is 0.150 e. The van der Waals surface area contributed by atoms with E-state index < -0.39 is 5.82 Å². The van der Waals surface area contributed by atoms with Gasteiger partial charge in [0.05, 0.1) is 11.9 Å². The van der Waals surface area contributed by atoms with Crippen LogP contribution in [0.1, 0.15) is 5.69 Å². The minimum absolute atomic E-state index is 0. The lowest BCUT2D eigenvalue weighted by molar-refractivity contribution is 0.607. The number of halogens is 3. The smallest absolute Gasteiger partial charge is 0.150 e. The van der Waals surface area contributed by atoms with Crippen LogP contribution in [0.4, 0.5) is 4.39 Å². The third-order valence-corrected chi connectivity index (χ3v) is 2.14. The molecule has 0 atom stereocenters. The molecule has 2 rings (SSSR count). The van der Waals surface area contributed by atoms with Crippen LogP contribution in [0.15, 0.2) is 24.4 Å². The molecule has 1 heterocycles. The summed E-state index contributed by atoms with van der Waals surface area (Å²) >= 11 is 5.63. The van der Waals surface area contributed by atoms with Gasteiger partial charge in [-0.15, -0.1) is 17.5 Å². The third kappa shape index (κ3) is 2.49. The normalized spacial score (nSPS) is 9.94. The van der Waals surface area contributed by atoms with Crippen LogP contribution in [0.3, 0.4) is 0 Å². The minimum Gasteiger partial charge on any atom is -0.325 e. The molecule has 4 nitrogen and oxygen atoms in total. The van der Waals surface area contributed by atoms with Gasteiger partial charge in [0.15, 0.2) is 0 Å². The van der Waals surface area contributed by atoms with Crippen LogP contribution >= 0.6 is 24.0 Å². The van der Waals surface area contributed by atoms with E-state index in [1.165, 1.54) is 16.8 Å². The van der Waals surface area contributed by atoms with E-state index in [9.17, 15) is 4.39 Å². The first-order valence-electron chi connectivity index (χ1n) is 4.27. The molecule has 0 bridgehead atoms. The van der Waals surface area contributed by atoms with Crippen LogP contribution in [0.2, 0.25) is 5.02 Å². The topological polar surface area (TPSA) is 56.7 Å². The third-order valence-electron chi connectivity index (χ3n) is 1.91. The van der Waals surface area contributed by atoms with Crippen molar-refractivity contribution in [3.05, 3.63) is 40.9 Å². The quantitative estimate of drug-likeness (QED) is 0.900. The van der Waals surface area contributed by atoms with E-state index in [2.05, 4.69) is 10.3 Å². The monoisotopic (exact) mass is 262 g/mol. The largest absolute Gasteiger partial charge is 0.325 e. The van der Waals surface area contributed by atoms with Crippen LogP contribution in [-0.2, 0) is 6.54 Å². The molecule has 86 valence electrons. The lowest BCUT2D eigenvalue weighted by atomic mass is 10.3. The average molecular weight is 263 g/mol. The van der Waals surface area contributed by atoms with Gasteiger partial charge in [-0.05, 0) is 18.2 Å². The van der Waals surface area contributed by atoms with Gasteiger partial charge in [0, 0.05) is 11.6 Å². The van der Waals surface area contributed by atoms with Crippen LogP contribution in [-0.4, -0.2) is 15.0 Å². The highest BCUT2D eigenvalue weighted by Gasteiger charge is 2.07. The predicted octanol–water partition coefficient (Wildman–Crippen LogP) is 1.94. The fraction of sp³-hybridized carbons (Fsp3) is 0.111. The molecule has 0 spiro atoms. The number of nitrogens with zero attached hydrogens (tertiary/aromatic N) is 3. The summed E-state index contributed by atoms with van der Waals surface area (Å²) in [5.41, 5.74) is 6.27. The standard InChI is InChI=1S/C9H8ClFN4.ClH/c10-6-1-2-9(8(11)3-6)15-5-7(4-12)13-14-15;/h1-3,5H,4,12H2;1H. The SMILES string of the molecule is Cl.NCc1cn(-c2ccc(Cl)cc2F)nn1. The van der Waals surface area contributed by atoms with Crippen molar-refractivity contribution in [2.24, 2.45) is 5.73 Å². The molecule has 1 aromatic carbocycles. The molecule has 16 heavy (non-hydrogen) atoms. The Morgan fingerprint density at radius 2 is 2.19 bits per heavy atom. The lowest BCUT2D eigenvalue weighted by Crippen LogP contribution is -1.98. The van der Waals surface area contributed by atoms with Gasteiger partial charge < -0.3 is 5.73 Å². The first kappa shape index (κ1) is 12.9. The minimum atomic E-state index is -0.448. The van der Waals surface area contributed by atoms with Gasteiger partial charge in [0.2, 0.25) is 0 Å². The van der Waals surface area contributed by atoms with Crippen LogP contribution in [0.5, 0.6) is 0 Å². The number of rotatable bonds is 2. The Labute approximate surface area is 103 Å². The molecule has 0 radical (unpaired) electrons. The molecule has 7 heteroatoms. The first-order valence-corrected chi connectivity index (χ1v) is 4.65. The summed E-state index contributed by atoms with van der Waals surface area (Å²) in [6.45, 7) is 0.273. The molecule has 0 saturated heterocycles. The van der Waals surface area contributed by atoms with Gasteiger partial charge >= 0.3 is 0 Å². The Bertz CT molecular complexity index is 486. The highest BCUT2D eigenvalue weighted by Crippen LogP contribution is 2.17. The second kappa shape index (κ2) is 5.25. The van der Waals surface area contributed by atoms with Crippen molar-refractivity contribution in [3.63, 3.8) is 0 Å². The molecule has 2 N–H and O–H groups in total. The summed E-state index contributed by atoms with van der Waals surface area (Å²) in [5.74, 6) is -0.448. The Hall–Kier alpha value is -1.17. The molecule has 0 aliphatic carbocycles. The molecule has 0 amide bonds. The molecular formula is C9H9Cl2FN4. The maximum absolute atomic E-state index is 13.4. The molecule has 0 unspecified atom stereocenters. The van der Waals surface area contributed by atoms with Gasteiger partial charge in [0.1, 0.15) is 11.5 Å². The van der Waals surface area contributed by atoms with E-state index in [4.69, 9.17) is 17.3 Å². The molecule has 2 aromatic rings. The van der Waals surface area contributed by atoms with E-state index in [0.29, 0.717) is 16.4 Å². The van der Waals surface area contributed by atoms with Gasteiger partial charge in [-0.1, -0.05) is 16.8 Å². The zero-order chi connectivity index (χ0) is 10.8. The summed E-state index contributed by atoms with van der Waals surface area (Å²) < 4.78 is 14.8. The number of hydrogen-bond acceptors (Lipinski definition) is 3. The Morgan fingerprint density at radius 3 is 2.75 bits per heavy atom. The number of benzene rings is 1. The molecule has 0 fully saturated rings. The van der Waals surface area contributed by atoms with Crippen molar-refractivity contribution in [1.82, 2.24) is 15.0 Å². The fourth-order valence-electron chi connectivity index (χ4n) is 1.18. The molecular weight excluding hydrogens is 254 g/mol. The molecule has 0 saturated carbocycles. The lowest BCUT2D eigenvalue weighted by Gasteiger charge is -2.01. The van der Waals surface area contributed by atoms with Gasteiger partial charge in [-0.3, -0.25) is 0 Å². The summed E-state index contributed by atoms with van der Waals surface area (Å²) in [4.78, 5) is 0. The van der Waals surface area contributed by atoms with E-state index in [1.807, 2.05) is 0 Å². The van der Waals surface area contributed by atoms with Gasteiger partial charge in [0.25, 0.3) is 0 Å². The summed E-state index contributed by atoms with van der Waals surface area (Å²) in [5, 5.41) is 7.86. The maximum atomic E-state index is 13.4. The molecule has 1 aromatic heterocycles. The molecule has 0 aliphatic heterocycles. The Balaban J connectivity index is 0.00000128. The number of aromatic nitrogens is 3. The second-order valence-corrected chi connectivity index (χ2v) is 3.39. The van der Waals surface area contributed by atoms with Crippen molar-refractivity contribution in [2.45, 2.75) is 6.54 Å². The van der Waals surface area contributed by atoms with Gasteiger partial charge in [-0.2, -0.15) is 0 Å². The van der Waals surface area contributed by atoms with Crippen molar-refractivity contribution in [1.29, 1.82) is 0 Å². The van der Waals surface area contributed by atoms with Crippen LogP contribution in [0, 0.1) is 5.82 Å². The first-order chi connectivity index (χ1) is 7.20. The summed E-state index contributed by atoms with van der Waals surface area (Å²) in [6, 6.07) is 4.34. The average Bonchev–Trinajstić information content (AvgIpc) is 2.66. The van der Waals surface area contributed by atoms with E-state index in [0.717, 1.165) is 0 Å². The second-order valence-electron chi connectivity index (χ2n) is 2.95. The van der Waals surface area contributed by atoms with Crippen molar-refractivity contribution in [3.8, 4) is 5.69 Å². The van der Waals surface area contributed by atoms with E-state index >= 15 is 0 Å². The highest BCUT2D eigenvalue weighted by molar-refractivity contribution is 6.30. The zero-order valence-electron chi connectivity index (χ0n) is 8.10. The zero-order valence-corrected chi connectivity index (χ0v) is 9.67. The number of nitrogens with two attached hydrogens (primary N) is 1. The van der Waals surface area contributed by atoms with Crippen molar-refractivity contribution >= 4 is 24.0 Å². The van der Waals surface area contributed by atoms with Crippen molar-refractivity contribution in [2.75, 3.05) is 0 Å². The number of hydrogen-bond donors (Lipinski definition) is 1. The summed E-state index contributed by atoms with van der Waals surface area (Å²) in [6.07, 6.45) is 1.58. The summed E-state index contributed by atoms with van der Waals surface area (Å²) in [7, 11) is 0.